The van der Waals surface area contributed by atoms with E-state index < -0.39 is 5.97 Å². The molecular weight excluding hydrogens is 302 g/mol. The van der Waals surface area contributed by atoms with Gasteiger partial charge in [0.15, 0.2) is 0 Å². The third kappa shape index (κ3) is 3.27. The van der Waals surface area contributed by atoms with Crippen LogP contribution in [0.1, 0.15) is 43.6 Å². The van der Waals surface area contributed by atoms with Gasteiger partial charge >= 0.3 is 5.97 Å². The van der Waals surface area contributed by atoms with Crippen LogP contribution in [0.2, 0.25) is 5.02 Å². The van der Waals surface area contributed by atoms with E-state index in [9.17, 15) is 9.59 Å². The number of carboxylic acids is 1. The molecule has 0 aliphatic heterocycles. The number of aliphatic carboxylic acids is 1. The zero-order valence-corrected chi connectivity index (χ0v) is 13.1. The van der Waals surface area contributed by atoms with Gasteiger partial charge in [-0.1, -0.05) is 29.8 Å². The second kappa shape index (κ2) is 6.29. The number of carboxylic acid groups (broad SMARTS) is 1. The number of hydrogen-bond donors (Lipinski definition) is 2. The van der Waals surface area contributed by atoms with Crippen molar-refractivity contribution in [2.24, 2.45) is 11.8 Å². The maximum atomic E-state index is 12.3. The fourth-order valence-corrected chi connectivity index (χ4v) is 3.67. The summed E-state index contributed by atoms with van der Waals surface area (Å²) in [5.74, 6) is -0.638. The third-order valence-corrected chi connectivity index (χ3v) is 5.20. The highest BCUT2D eigenvalue weighted by atomic mass is 35.5. The monoisotopic (exact) mass is 321 g/mol. The maximum Gasteiger partial charge on any atom is 0.306 e. The molecule has 2 aliphatic rings. The molecule has 1 aromatic carbocycles. The molecule has 0 saturated heterocycles. The minimum absolute atomic E-state index is 0.0112. The molecule has 0 bridgehead atoms. The Labute approximate surface area is 134 Å². The minimum Gasteiger partial charge on any atom is -0.481 e. The van der Waals surface area contributed by atoms with Gasteiger partial charge in [0, 0.05) is 17.0 Å². The Bertz CT molecular complexity index is 581. The lowest BCUT2D eigenvalue weighted by atomic mass is 9.86. The number of carbonyl (C=O) groups excluding carboxylic acids is 1. The van der Waals surface area contributed by atoms with Gasteiger partial charge in [0.25, 0.3) is 0 Å². The normalized spacial score (nSPS) is 30.6. The topological polar surface area (TPSA) is 66.4 Å². The Morgan fingerprint density at radius 1 is 1.14 bits per heavy atom. The van der Waals surface area contributed by atoms with E-state index in [0.717, 1.165) is 29.8 Å². The number of carbonyl (C=O) groups is 2. The van der Waals surface area contributed by atoms with Crippen LogP contribution in [0.3, 0.4) is 0 Å². The zero-order chi connectivity index (χ0) is 15.7. The van der Waals surface area contributed by atoms with Crippen LogP contribution in [-0.2, 0) is 9.59 Å². The SMILES string of the molecule is O=C(O)C1CCC(NC(=O)[C@H]2C[C@H]2c2ccccc2Cl)CC1. The van der Waals surface area contributed by atoms with Gasteiger partial charge in [0.1, 0.15) is 0 Å². The lowest BCUT2D eigenvalue weighted by molar-refractivity contribution is -0.142. The lowest BCUT2D eigenvalue weighted by Crippen LogP contribution is -2.39. The fraction of sp³-hybridized carbons (Fsp3) is 0.529. The van der Waals surface area contributed by atoms with Gasteiger partial charge in [-0.05, 0) is 49.7 Å². The van der Waals surface area contributed by atoms with Crippen molar-refractivity contribution in [2.45, 2.75) is 44.1 Å². The van der Waals surface area contributed by atoms with Gasteiger partial charge in [-0.2, -0.15) is 0 Å². The van der Waals surface area contributed by atoms with Crippen LogP contribution in [0.25, 0.3) is 0 Å². The van der Waals surface area contributed by atoms with E-state index in [-0.39, 0.29) is 29.7 Å². The number of rotatable bonds is 4. The van der Waals surface area contributed by atoms with Crippen LogP contribution in [0.5, 0.6) is 0 Å². The third-order valence-electron chi connectivity index (χ3n) is 4.85. The van der Waals surface area contributed by atoms with Gasteiger partial charge in [-0.25, -0.2) is 0 Å². The average molecular weight is 322 g/mol. The average Bonchev–Trinajstić information content (AvgIpc) is 3.28. The van der Waals surface area contributed by atoms with E-state index in [0.29, 0.717) is 12.8 Å². The Kier molecular flexibility index (Phi) is 4.39. The van der Waals surface area contributed by atoms with Crippen molar-refractivity contribution in [1.82, 2.24) is 5.32 Å². The van der Waals surface area contributed by atoms with Gasteiger partial charge in [-0.15, -0.1) is 0 Å². The number of hydrogen-bond acceptors (Lipinski definition) is 2. The van der Waals surface area contributed by atoms with E-state index in [2.05, 4.69) is 5.32 Å². The second-order valence-corrected chi connectivity index (χ2v) is 6.77. The quantitative estimate of drug-likeness (QED) is 0.895. The van der Waals surface area contributed by atoms with Crippen LogP contribution in [0.4, 0.5) is 0 Å². The van der Waals surface area contributed by atoms with Crippen LogP contribution in [0, 0.1) is 11.8 Å². The molecule has 0 spiro atoms. The molecule has 2 atom stereocenters. The number of nitrogens with one attached hydrogen (secondary N) is 1. The first-order valence-electron chi connectivity index (χ1n) is 7.84. The first-order chi connectivity index (χ1) is 10.6. The van der Waals surface area contributed by atoms with E-state index in [4.69, 9.17) is 16.7 Å². The first kappa shape index (κ1) is 15.3. The summed E-state index contributed by atoms with van der Waals surface area (Å²) in [7, 11) is 0. The molecule has 0 aromatic heterocycles. The summed E-state index contributed by atoms with van der Waals surface area (Å²) in [5, 5.41) is 12.8. The summed E-state index contributed by atoms with van der Waals surface area (Å²) in [6.45, 7) is 0. The standard InChI is InChI=1S/C17H20ClNO3/c18-15-4-2-1-3-12(15)13-9-14(13)16(20)19-11-7-5-10(6-8-11)17(21)22/h1-4,10-11,13-14H,5-9H2,(H,19,20)(H,21,22)/t10?,11?,13-,14-/m0/s1. The highest BCUT2D eigenvalue weighted by molar-refractivity contribution is 6.31. The van der Waals surface area contributed by atoms with Crippen molar-refractivity contribution in [3.05, 3.63) is 34.9 Å². The predicted octanol–water partition coefficient (Wildman–Crippen LogP) is 3.20. The Hall–Kier alpha value is -1.55. The molecule has 2 saturated carbocycles. The largest absolute Gasteiger partial charge is 0.481 e. The summed E-state index contributed by atoms with van der Waals surface area (Å²) in [6.07, 6.45) is 3.66. The van der Waals surface area contributed by atoms with E-state index in [1.54, 1.807) is 0 Å². The van der Waals surface area contributed by atoms with Crippen LogP contribution >= 0.6 is 11.6 Å². The van der Waals surface area contributed by atoms with Crippen LogP contribution in [0.15, 0.2) is 24.3 Å². The molecule has 0 unspecified atom stereocenters. The first-order valence-corrected chi connectivity index (χ1v) is 8.21. The molecule has 1 aromatic rings. The number of amides is 1. The number of benzene rings is 1. The zero-order valence-electron chi connectivity index (χ0n) is 12.3. The summed E-state index contributed by atoms with van der Waals surface area (Å²) in [6, 6.07) is 7.80. The van der Waals surface area contributed by atoms with Gasteiger partial charge in [0.2, 0.25) is 5.91 Å². The Morgan fingerprint density at radius 3 is 2.45 bits per heavy atom. The maximum absolute atomic E-state index is 12.3. The van der Waals surface area contributed by atoms with Crippen molar-refractivity contribution >= 4 is 23.5 Å². The van der Waals surface area contributed by atoms with E-state index in [1.807, 2.05) is 24.3 Å². The van der Waals surface area contributed by atoms with Gasteiger partial charge in [-0.3, -0.25) is 9.59 Å². The van der Waals surface area contributed by atoms with Crippen molar-refractivity contribution in [1.29, 1.82) is 0 Å². The molecule has 118 valence electrons. The second-order valence-electron chi connectivity index (χ2n) is 6.37. The van der Waals surface area contributed by atoms with E-state index >= 15 is 0 Å². The smallest absolute Gasteiger partial charge is 0.306 e. The molecule has 2 N–H and O–H groups in total. The predicted molar refractivity (Wildman–Crippen MR) is 83.8 cm³/mol. The summed E-state index contributed by atoms with van der Waals surface area (Å²) < 4.78 is 0. The fourth-order valence-electron chi connectivity index (χ4n) is 3.40. The summed E-state index contributed by atoms with van der Waals surface area (Å²) >= 11 is 6.18. The van der Waals surface area contributed by atoms with Gasteiger partial charge in [0.05, 0.1) is 5.92 Å². The Morgan fingerprint density at radius 2 is 1.82 bits per heavy atom. The molecule has 4 nitrogen and oxygen atoms in total. The van der Waals surface area contributed by atoms with Crippen molar-refractivity contribution in [3.63, 3.8) is 0 Å². The highest BCUT2D eigenvalue weighted by Crippen LogP contribution is 2.49. The van der Waals surface area contributed by atoms with Crippen LogP contribution in [-0.4, -0.2) is 23.0 Å². The van der Waals surface area contributed by atoms with Gasteiger partial charge < -0.3 is 10.4 Å². The van der Waals surface area contributed by atoms with Crippen molar-refractivity contribution in [3.8, 4) is 0 Å². The molecule has 0 heterocycles. The van der Waals surface area contributed by atoms with E-state index in [1.165, 1.54) is 0 Å². The summed E-state index contributed by atoms with van der Waals surface area (Å²) in [5.41, 5.74) is 1.05. The molecule has 1 amide bonds. The molecule has 5 heteroatoms. The molecule has 3 rings (SSSR count). The number of halogens is 1. The van der Waals surface area contributed by atoms with Crippen molar-refractivity contribution in [2.75, 3.05) is 0 Å². The lowest BCUT2D eigenvalue weighted by Gasteiger charge is -2.26. The molecule has 2 fully saturated rings. The minimum atomic E-state index is -0.717. The Balaban J connectivity index is 1.50. The van der Waals surface area contributed by atoms with Crippen molar-refractivity contribution < 1.29 is 14.7 Å². The molecule has 0 radical (unpaired) electrons. The highest BCUT2D eigenvalue weighted by Gasteiger charge is 2.45. The van der Waals surface area contributed by atoms with Crippen LogP contribution < -0.4 is 5.32 Å². The molecular formula is C17H20ClNO3. The summed E-state index contributed by atoms with van der Waals surface area (Å²) in [4.78, 5) is 23.2. The molecule has 2 aliphatic carbocycles. The molecule has 22 heavy (non-hydrogen) atoms.